The van der Waals surface area contributed by atoms with E-state index in [1.54, 1.807) is 13.3 Å². The van der Waals surface area contributed by atoms with Gasteiger partial charge in [-0.25, -0.2) is 0 Å². The number of ether oxygens (including phenoxy) is 2. The predicted octanol–water partition coefficient (Wildman–Crippen LogP) is 2.55. The Morgan fingerprint density at radius 2 is 2.22 bits per heavy atom. The van der Waals surface area contributed by atoms with E-state index in [-0.39, 0.29) is 12.0 Å². The molecule has 144 valence electrons. The fourth-order valence-corrected chi connectivity index (χ4v) is 4.78. The van der Waals surface area contributed by atoms with Gasteiger partial charge in [-0.05, 0) is 61.1 Å². The third-order valence-corrected chi connectivity index (χ3v) is 6.26. The molecule has 27 heavy (non-hydrogen) atoms. The van der Waals surface area contributed by atoms with Gasteiger partial charge >= 0.3 is 5.97 Å². The minimum absolute atomic E-state index is 0.0643. The third-order valence-electron chi connectivity index (χ3n) is 6.26. The van der Waals surface area contributed by atoms with E-state index in [0.29, 0.717) is 18.3 Å². The summed E-state index contributed by atoms with van der Waals surface area (Å²) in [7, 11) is 3.08. The first-order chi connectivity index (χ1) is 13.1. The van der Waals surface area contributed by atoms with E-state index in [9.17, 15) is 9.90 Å². The van der Waals surface area contributed by atoms with Crippen LogP contribution in [0.1, 0.15) is 30.9 Å². The van der Waals surface area contributed by atoms with Crippen LogP contribution in [-0.4, -0.2) is 54.3 Å². The Bertz CT molecular complexity index is 840. The number of hydrogen-bond donors (Lipinski definition) is 1. The number of aliphatic hydroxyl groups excluding tert-OH is 1. The van der Waals surface area contributed by atoms with Crippen LogP contribution >= 0.6 is 0 Å². The van der Waals surface area contributed by atoms with E-state index < -0.39 is 6.10 Å². The second-order valence-corrected chi connectivity index (χ2v) is 7.62. The summed E-state index contributed by atoms with van der Waals surface area (Å²) < 4.78 is 10.2. The lowest BCUT2D eigenvalue weighted by Gasteiger charge is -2.51. The number of methoxy groups -OCH3 is 2. The molecule has 1 unspecified atom stereocenters. The summed E-state index contributed by atoms with van der Waals surface area (Å²) in [6.07, 6.45) is 3.61. The zero-order chi connectivity index (χ0) is 19.0. The number of aliphatic hydroxyl groups is 1. The van der Waals surface area contributed by atoms with Gasteiger partial charge in [0.05, 0.1) is 25.8 Å². The largest absolute Gasteiger partial charge is 0.497 e. The van der Waals surface area contributed by atoms with Crippen molar-refractivity contribution in [3.05, 3.63) is 36.0 Å². The van der Waals surface area contributed by atoms with Gasteiger partial charge in [-0.15, -0.1) is 0 Å². The highest BCUT2D eigenvalue weighted by Gasteiger charge is 2.43. The van der Waals surface area contributed by atoms with Crippen LogP contribution < -0.4 is 4.74 Å². The van der Waals surface area contributed by atoms with Gasteiger partial charge in [0.25, 0.3) is 0 Å². The van der Waals surface area contributed by atoms with Crippen LogP contribution in [0, 0.1) is 11.8 Å². The molecule has 0 saturated carbocycles. The van der Waals surface area contributed by atoms with Gasteiger partial charge < -0.3 is 14.6 Å². The number of pyridine rings is 1. The summed E-state index contributed by atoms with van der Waals surface area (Å²) >= 11 is 0. The third kappa shape index (κ3) is 3.39. The summed E-state index contributed by atoms with van der Waals surface area (Å²) in [6, 6.07) is 7.72. The lowest BCUT2D eigenvalue weighted by molar-refractivity contribution is -0.144. The Labute approximate surface area is 159 Å². The van der Waals surface area contributed by atoms with E-state index in [0.717, 1.165) is 48.1 Å². The zero-order valence-corrected chi connectivity index (χ0v) is 15.8. The standard InChI is InChI=1S/C21H26N2O4/c1-26-15-3-4-18-17(11-15)16(5-7-22-18)21(25)19-9-13-6-8-23(19)12-14(13)10-20(24)27-2/h3-5,7,11,13-14,19,21,25H,6,8-10,12H2,1-2H3/t13-,14-,19+,21+/m0/s1. The molecule has 5 rings (SSSR count). The van der Waals surface area contributed by atoms with Gasteiger partial charge in [-0.3, -0.25) is 14.7 Å². The highest BCUT2D eigenvalue weighted by molar-refractivity contribution is 5.84. The molecule has 3 saturated heterocycles. The molecule has 0 aliphatic carbocycles. The van der Waals surface area contributed by atoms with Crippen LogP contribution in [-0.2, 0) is 9.53 Å². The summed E-state index contributed by atoms with van der Waals surface area (Å²) in [4.78, 5) is 18.4. The molecule has 0 amide bonds. The number of carbonyl (C=O) groups is 1. The lowest BCUT2D eigenvalue weighted by Crippen LogP contribution is -2.55. The van der Waals surface area contributed by atoms with Crippen molar-refractivity contribution in [2.24, 2.45) is 11.8 Å². The first kappa shape index (κ1) is 18.2. The van der Waals surface area contributed by atoms with E-state index >= 15 is 0 Å². The molecule has 1 aromatic carbocycles. The number of fused-ring (bicyclic) bond motifs is 4. The quantitative estimate of drug-likeness (QED) is 0.816. The van der Waals surface area contributed by atoms with Crippen molar-refractivity contribution in [2.45, 2.75) is 31.4 Å². The van der Waals surface area contributed by atoms with E-state index in [2.05, 4.69) is 9.88 Å². The minimum atomic E-state index is -0.593. The number of esters is 1. The molecule has 6 nitrogen and oxygen atoms in total. The summed E-state index contributed by atoms with van der Waals surface area (Å²) in [5, 5.41) is 12.2. The second-order valence-electron chi connectivity index (χ2n) is 7.62. The highest BCUT2D eigenvalue weighted by Crippen LogP contribution is 2.43. The van der Waals surface area contributed by atoms with Gasteiger partial charge in [0.1, 0.15) is 5.75 Å². The molecule has 0 spiro atoms. The summed E-state index contributed by atoms with van der Waals surface area (Å²) in [5.74, 6) is 1.39. The maximum Gasteiger partial charge on any atom is 0.305 e. The monoisotopic (exact) mass is 370 g/mol. The molecule has 3 fully saturated rings. The summed E-state index contributed by atoms with van der Waals surface area (Å²) in [6.45, 7) is 1.81. The van der Waals surface area contributed by atoms with Crippen molar-refractivity contribution in [1.29, 1.82) is 0 Å². The van der Waals surface area contributed by atoms with Crippen molar-refractivity contribution in [3.63, 3.8) is 0 Å². The Balaban J connectivity index is 1.58. The molecular formula is C21H26N2O4. The average molecular weight is 370 g/mol. The first-order valence-corrected chi connectivity index (χ1v) is 9.52. The number of rotatable bonds is 5. The Morgan fingerprint density at radius 3 is 2.93 bits per heavy atom. The SMILES string of the molecule is COC(=O)C[C@H]1CN2CC[C@H]1C[C@@H]2[C@H](O)c1ccnc2ccc(OC)cc12. The molecule has 1 N–H and O–H groups in total. The Morgan fingerprint density at radius 1 is 1.37 bits per heavy atom. The van der Waals surface area contributed by atoms with Crippen molar-refractivity contribution >= 4 is 16.9 Å². The number of nitrogens with zero attached hydrogens (tertiary/aromatic N) is 2. The molecule has 0 radical (unpaired) electrons. The molecular weight excluding hydrogens is 344 g/mol. The van der Waals surface area contributed by atoms with Gasteiger partial charge in [-0.1, -0.05) is 0 Å². The van der Waals surface area contributed by atoms with E-state index in [1.165, 1.54) is 7.11 Å². The number of piperidine rings is 3. The van der Waals surface area contributed by atoms with E-state index in [4.69, 9.17) is 9.47 Å². The fraction of sp³-hybridized carbons (Fsp3) is 0.524. The fourth-order valence-electron chi connectivity index (χ4n) is 4.78. The topological polar surface area (TPSA) is 71.9 Å². The number of aromatic nitrogens is 1. The highest BCUT2D eigenvalue weighted by atomic mass is 16.5. The molecule has 1 aromatic heterocycles. The molecule has 5 atom stereocenters. The van der Waals surface area contributed by atoms with Crippen LogP contribution in [0.4, 0.5) is 0 Å². The van der Waals surface area contributed by atoms with Crippen LogP contribution in [0.25, 0.3) is 10.9 Å². The number of carbonyl (C=O) groups excluding carboxylic acids is 1. The van der Waals surface area contributed by atoms with Gasteiger partial charge in [0.2, 0.25) is 0 Å². The van der Waals surface area contributed by atoms with Crippen molar-refractivity contribution in [3.8, 4) is 5.75 Å². The van der Waals surface area contributed by atoms with Crippen LogP contribution in [0.2, 0.25) is 0 Å². The Hall–Kier alpha value is -2.18. The van der Waals surface area contributed by atoms with Crippen molar-refractivity contribution in [2.75, 3.05) is 27.3 Å². The van der Waals surface area contributed by atoms with Gasteiger partial charge in [-0.2, -0.15) is 0 Å². The minimum Gasteiger partial charge on any atom is -0.497 e. The Kier molecular flexibility index (Phi) is 5.02. The molecule has 3 aliphatic rings. The lowest BCUT2D eigenvalue weighted by atomic mass is 9.72. The number of benzene rings is 1. The number of hydrogen-bond acceptors (Lipinski definition) is 6. The molecule has 4 heterocycles. The molecule has 6 heteroatoms. The van der Waals surface area contributed by atoms with Gasteiger partial charge in [0, 0.05) is 30.6 Å². The average Bonchev–Trinajstić information content (AvgIpc) is 2.72. The molecule has 3 aliphatic heterocycles. The van der Waals surface area contributed by atoms with Crippen molar-refractivity contribution in [1.82, 2.24) is 9.88 Å². The van der Waals surface area contributed by atoms with Crippen LogP contribution in [0.15, 0.2) is 30.5 Å². The van der Waals surface area contributed by atoms with E-state index in [1.807, 2.05) is 24.3 Å². The van der Waals surface area contributed by atoms with Gasteiger partial charge in [0.15, 0.2) is 0 Å². The summed E-state index contributed by atoms with van der Waals surface area (Å²) in [5.41, 5.74) is 1.74. The molecule has 2 bridgehead atoms. The molecule has 2 aromatic rings. The maximum atomic E-state index is 11.7. The van der Waals surface area contributed by atoms with Crippen LogP contribution in [0.3, 0.4) is 0 Å². The predicted molar refractivity (Wildman–Crippen MR) is 101 cm³/mol. The van der Waals surface area contributed by atoms with Crippen LogP contribution in [0.5, 0.6) is 5.75 Å². The second kappa shape index (κ2) is 7.44. The normalized spacial score (nSPS) is 28.1. The smallest absolute Gasteiger partial charge is 0.305 e. The maximum absolute atomic E-state index is 11.7. The van der Waals surface area contributed by atoms with Crippen molar-refractivity contribution < 1.29 is 19.4 Å². The zero-order valence-electron chi connectivity index (χ0n) is 15.8. The first-order valence-electron chi connectivity index (χ1n) is 9.52.